The molecule has 2 aromatic heterocycles. The fourth-order valence-electron chi connectivity index (χ4n) is 5.11. The smallest absolute Gasteiger partial charge is 0.318 e. The molecule has 3 heterocycles. The Morgan fingerprint density at radius 3 is 2.60 bits per heavy atom. The minimum absolute atomic E-state index is 0.0493. The van der Waals surface area contributed by atoms with Gasteiger partial charge in [0, 0.05) is 43.3 Å². The van der Waals surface area contributed by atoms with Crippen molar-refractivity contribution >= 4 is 23.3 Å². The molecule has 1 atom stereocenters. The van der Waals surface area contributed by atoms with Crippen LogP contribution in [0, 0.1) is 19.8 Å². The van der Waals surface area contributed by atoms with Crippen LogP contribution in [0.5, 0.6) is 0 Å². The van der Waals surface area contributed by atoms with Crippen LogP contribution < -0.4 is 11.1 Å². The predicted octanol–water partition coefficient (Wildman–Crippen LogP) is 4.16. The molecule has 9 heteroatoms. The number of urea groups is 1. The molecule has 2 aromatic rings. The molecule has 1 saturated carbocycles. The summed E-state index contributed by atoms with van der Waals surface area (Å²) in [6.07, 6.45) is 5.24. The maximum Gasteiger partial charge on any atom is 0.318 e. The first-order valence-electron chi connectivity index (χ1n) is 12.5. The second kappa shape index (κ2) is 11.0. The Morgan fingerprint density at radius 2 is 2.00 bits per heavy atom. The summed E-state index contributed by atoms with van der Waals surface area (Å²) in [7, 11) is 0. The fraction of sp³-hybridized carbons (Fsp3) is 0.577. The van der Waals surface area contributed by atoms with Crippen LogP contribution in [0.3, 0.4) is 0 Å². The number of carbonyl (C=O) groups excluding carboxylic acids is 2. The Bertz CT molecular complexity index is 1050. The molecule has 0 unspecified atom stereocenters. The molecule has 0 spiro atoms. The number of thiophene rings is 1. The average Bonchev–Trinajstić information content (AvgIpc) is 3.47. The lowest BCUT2D eigenvalue weighted by atomic mass is 9.95. The monoisotopic (exact) mass is 501 g/mol. The summed E-state index contributed by atoms with van der Waals surface area (Å²) in [4.78, 5) is 33.2. The van der Waals surface area contributed by atoms with Crippen LogP contribution in [0.1, 0.15) is 71.8 Å². The van der Waals surface area contributed by atoms with E-state index in [-0.39, 0.29) is 18.1 Å². The van der Waals surface area contributed by atoms with Gasteiger partial charge in [-0.25, -0.2) is 9.78 Å². The van der Waals surface area contributed by atoms with Crippen molar-refractivity contribution < 1.29 is 14.0 Å². The van der Waals surface area contributed by atoms with E-state index in [4.69, 9.17) is 5.73 Å². The van der Waals surface area contributed by atoms with E-state index >= 15 is 0 Å². The van der Waals surface area contributed by atoms with Crippen LogP contribution in [0.15, 0.2) is 16.8 Å². The molecular weight excluding hydrogens is 465 g/mol. The number of pyridine rings is 1. The first-order chi connectivity index (χ1) is 16.7. The third-order valence-corrected chi connectivity index (χ3v) is 8.16. The molecule has 7 nitrogen and oxygen atoms in total. The molecule has 0 aromatic carbocycles. The van der Waals surface area contributed by atoms with Crippen LogP contribution >= 0.6 is 11.3 Å². The largest absolute Gasteiger partial charge is 0.366 e. The summed E-state index contributed by atoms with van der Waals surface area (Å²) in [5, 5.41) is 7.33. The number of aryl methyl sites for hydroxylation is 1. The first kappa shape index (κ1) is 25.6. The summed E-state index contributed by atoms with van der Waals surface area (Å²) >= 11 is 1.66. The first-order valence-corrected chi connectivity index (χ1v) is 13.5. The SMILES string of the molecule is Cc1nc(F)c(CC[C@@H](C)N2CCC(N(Cc3ccsc3)C(=O)NC3CC3)CC2)c(C)c1C(N)=O. The van der Waals surface area contributed by atoms with Gasteiger partial charge in [0.1, 0.15) is 0 Å². The minimum Gasteiger partial charge on any atom is -0.366 e. The van der Waals surface area contributed by atoms with Gasteiger partial charge in [0.25, 0.3) is 5.91 Å². The molecule has 4 rings (SSSR count). The predicted molar refractivity (Wildman–Crippen MR) is 136 cm³/mol. The van der Waals surface area contributed by atoms with Gasteiger partial charge in [-0.2, -0.15) is 15.7 Å². The highest BCUT2D eigenvalue weighted by atomic mass is 32.1. The van der Waals surface area contributed by atoms with Gasteiger partial charge in [-0.05, 0) is 87.2 Å². The van der Waals surface area contributed by atoms with Gasteiger partial charge >= 0.3 is 6.03 Å². The van der Waals surface area contributed by atoms with Crippen molar-refractivity contribution in [2.75, 3.05) is 13.1 Å². The van der Waals surface area contributed by atoms with Gasteiger partial charge in [0.2, 0.25) is 5.95 Å². The molecule has 3 amide bonds. The van der Waals surface area contributed by atoms with Crippen molar-refractivity contribution in [1.82, 2.24) is 20.1 Å². The van der Waals surface area contributed by atoms with E-state index in [1.165, 1.54) is 5.56 Å². The highest BCUT2D eigenvalue weighted by Crippen LogP contribution is 2.26. The Balaban J connectivity index is 1.35. The molecule has 0 bridgehead atoms. The van der Waals surface area contributed by atoms with Crippen molar-refractivity contribution in [1.29, 1.82) is 0 Å². The van der Waals surface area contributed by atoms with E-state index in [1.54, 1.807) is 25.2 Å². The molecule has 1 aliphatic carbocycles. The maximum atomic E-state index is 14.6. The lowest BCUT2D eigenvalue weighted by molar-refractivity contribution is 0.0946. The maximum absolute atomic E-state index is 14.6. The lowest BCUT2D eigenvalue weighted by Gasteiger charge is -2.40. The van der Waals surface area contributed by atoms with Gasteiger partial charge in [-0.3, -0.25) is 4.79 Å². The van der Waals surface area contributed by atoms with Gasteiger partial charge in [0.05, 0.1) is 11.3 Å². The molecule has 2 aliphatic rings. The number of hydrogen-bond acceptors (Lipinski definition) is 5. The van der Waals surface area contributed by atoms with Crippen molar-refractivity contribution in [3.63, 3.8) is 0 Å². The summed E-state index contributed by atoms with van der Waals surface area (Å²) in [5.74, 6) is -1.08. The fourth-order valence-corrected chi connectivity index (χ4v) is 5.77. The topological polar surface area (TPSA) is 91.6 Å². The van der Waals surface area contributed by atoms with Crippen molar-refractivity contribution in [2.24, 2.45) is 5.73 Å². The van der Waals surface area contributed by atoms with Gasteiger partial charge < -0.3 is 20.9 Å². The third kappa shape index (κ3) is 6.19. The van der Waals surface area contributed by atoms with E-state index in [9.17, 15) is 14.0 Å². The summed E-state index contributed by atoms with van der Waals surface area (Å²) in [6.45, 7) is 7.94. The molecular formula is C26H36FN5O2S. The highest BCUT2D eigenvalue weighted by molar-refractivity contribution is 7.07. The zero-order chi connectivity index (χ0) is 25.1. The highest BCUT2D eigenvalue weighted by Gasteiger charge is 2.32. The van der Waals surface area contributed by atoms with Gasteiger partial charge in [0.15, 0.2) is 0 Å². The molecule has 3 N–H and O–H groups in total. The Labute approximate surface area is 210 Å². The summed E-state index contributed by atoms with van der Waals surface area (Å²) < 4.78 is 14.6. The van der Waals surface area contributed by atoms with Crippen molar-refractivity contribution in [3.05, 3.63) is 50.7 Å². The summed E-state index contributed by atoms with van der Waals surface area (Å²) in [5.41, 5.74) is 8.41. The number of hydrogen-bond donors (Lipinski definition) is 2. The number of halogens is 1. The van der Waals surface area contributed by atoms with Crippen LogP contribution in [-0.2, 0) is 13.0 Å². The average molecular weight is 502 g/mol. The Morgan fingerprint density at radius 1 is 1.29 bits per heavy atom. The Kier molecular flexibility index (Phi) is 8.06. The minimum atomic E-state index is -0.568. The van der Waals surface area contributed by atoms with E-state index < -0.39 is 11.9 Å². The quantitative estimate of drug-likeness (QED) is 0.505. The molecule has 1 aliphatic heterocycles. The standard InChI is InChI=1S/C26H36FN5O2S/c1-16(4-7-22-17(2)23(25(28)33)18(3)29-24(22)27)31-11-8-21(9-12-31)32(14-19-10-13-35-15-19)26(34)30-20-5-6-20/h10,13,15-16,20-21H,4-9,11-12,14H2,1-3H3,(H2,28,33)(H,30,34)/t16-/m1/s1. The van der Waals surface area contributed by atoms with E-state index in [2.05, 4.69) is 39.0 Å². The number of nitrogens with one attached hydrogen (secondary N) is 1. The number of aromatic nitrogens is 1. The van der Waals surface area contributed by atoms with E-state index in [1.807, 2.05) is 4.90 Å². The van der Waals surface area contributed by atoms with Crippen LogP contribution in [0.25, 0.3) is 0 Å². The second-order valence-corrected chi connectivity index (χ2v) is 10.7. The zero-order valence-corrected chi connectivity index (χ0v) is 21.7. The lowest BCUT2D eigenvalue weighted by Crippen LogP contribution is -2.52. The Hall–Kier alpha value is -2.52. The third-order valence-electron chi connectivity index (χ3n) is 7.42. The number of nitrogens with two attached hydrogens (primary N) is 1. The molecule has 2 fully saturated rings. The second-order valence-electron chi connectivity index (χ2n) is 9.97. The van der Waals surface area contributed by atoms with E-state index in [0.717, 1.165) is 45.2 Å². The number of primary amides is 1. The van der Waals surface area contributed by atoms with Crippen LogP contribution in [-0.4, -0.2) is 57.9 Å². The number of likely N-dealkylation sites (tertiary alicyclic amines) is 1. The molecule has 1 saturated heterocycles. The number of nitrogens with zero attached hydrogens (tertiary/aromatic N) is 3. The van der Waals surface area contributed by atoms with Crippen LogP contribution in [0.4, 0.5) is 9.18 Å². The molecule has 0 radical (unpaired) electrons. The number of amides is 3. The number of carbonyl (C=O) groups is 2. The van der Waals surface area contributed by atoms with Gasteiger partial charge in [-0.1, -0.05) is 0 Å². The molecule has 35 heavy (non-hydrogen) atoms. The number of piperidine rings is 1. The summed E-state index contributed by atoms with van der Waals surface area (Å²) in [6, 6.07) is 2.93. The van der Waals surface area contributed by atoms with Crippen LogP contribution in [0.2, 0.25) is 0 Å². The zero-order valence-electron chi connectivity index (χ0n) is 20.8. The normalized spacial score (nSPS) is 17.8. The van der Waals surface area contributed by atoms with Crippen molar-refractivity contribution in [2.45, 2.75) is 84.0 Å². The van der Waals surface area contributed by atoms with Gasteiger partial charge in [-0.15, -0.1) is 0 Å². The van der Waals surface area contributed by atoms with Crippen molar-refractivity contribution in [3.8, 4) is 0 Å². The molecule has 190 valence electrons. The van der Waals surface area contributed by atoms with E-state index in [0.29, 0.717) is 41.4 Å². The number of rotatable bonds is 9.